The zero-order chi connectivity index (χ0) is 20.7. The Morgan fingerprint density at radius 1 is 1.18 bits per heavy atom. The van der Waals surface area contributed by atoms with Gasteiger partial charge in [0.15, 0.2) is 0 Å². The Bertz CT molecular complexity index is 1020. The van der Waals surface area contributed by atoms with Gasteiger partial charge in [-0.15, -0.1) is 0 Å². The third-order valence-corrected chi connectivity index (χ3v) is 5.16. The summed E-state index contributed by atoms with van der Waals surface area (Å²) in [6, 6.07) is 7.59. The molecule has 1 aliphatic heterocycles. The van der Waals surface area contributed by atoms with Crippen LogP contribution in [0.2, 0.25) is 0 Å². The second-order valence-corrected chi connectivity index (χ2v) is 7.60. The number of methoxy groups -OCH3 is 1. The Kier molecular flexibility index (Phi) is 5.06. The molecule has 1 unspecified atom stereocenters. The van der Waals surface area contributed by atoms with E-state index in [-0.39, 0.29) is 21.9 Å². The number of hydrazone groups is 1. The van der Waals surface area contributed by atoms with Crippen molar-refractivity contribution in [1.82, 2.24) is 0 Å². The highest BCUT2D eigenvalue weighted by Crippen LogP contribution is 2.40. The fourth-order valence-electron chi connectivity index (χ4n) is 2.86. The number of halogens is 4. The summed E-state index contributed by atoms with van der Waals surface area (Å²) in [6.07, 6.45) is -5.25. The van der Waals surface area contributed by atoms with E-state index in [4.69, 9.17) is 9.88 Å². The zero-order valence-electron chi connectivity index (χ0n) is 14.4. The molecule has 0 spiro atoms. The van der Waals surface area contributed by atoms with Crippen molar-refractivity contribution >= 4 is 21.4 Å². The predicted molar refractivity (Wildman–Crippen MR) is 94.1 cm³/mol. The summed E-state index contributed by atoms with van der Waals surface area (Å²) in [5.74, 6) is -0.519. The van der Waals surface area contributed by atoms with E-state index < -0.39 is 40.2 Å². The highest BCUT2D eigenvalue weighted by Gasteiger charge is 2.44. The van der Waals surface area contributed by atoms with E-state index in [1.165, 1.54) is 31.4 Å². The number of nitrogens with zero attached hydrogens (tertiary/aromatic N) is 2. The van der Waals surface area contributed by atoms with Crippen LogP contribution >= 0.6 is 0 Å². The molecule has 11 heteroatoms. The van der Waals surface area contributed by atoms with Crippen LogP contribution in [-0.4, -0.2) is 27.4 Å². The Balaban J connectivity index is 2.04. The normalized spacial score (nSPS) is 17.6. The summed E-state index contributed by atoms with van der Waals surface area (Å²) >= 11 is 0. The van der Waals surface area contributed by atoms with Crippen molar-refractivity contribution in [3.63, 3.8) is 0 Å². The average Bonchev–Trinajstić information content (AvgIpc) is 3.06. The molecule has 0 radical (unpaired) electrons. The third-order valence-electron chi connectivity index (χ3n) is 4.23. The van der Waals surface area contributed by atoms with Crippen LogP contribution in [0.5, 0.6) is 5.75 Å². The van der Waals surface area contributed by atoms with Gasteiger partial charge in [0.05, 0.1) is 23.7 Å². The second kappa shape index (κ2) is 7.06. The van der Waals surface area contributed by atoms with Gasteiger partial charge in [0.2, 0.25) is 10.0 Å². The maximum Gasteiger partial charge on any atom is 0.431 e. The first-order valence-corrected chi connectivity index (χ1v) is 9.45. The Hall–Kier alpha value is -2.66. The Morgan fingerprint density at radius 3 is 2.32 bits per heavy atom. The Labute approximate surface area is 158 Å². The van der Waals surface area contributed by atoms with Crippen LogP contribution in [0, 0.1) is 5.82 Å². The molecule has 1 atom stereocenters. The molecule has 1 heterocycles. The number of anilines is 1. The van der Waals surface area contributed by atoms with Gasteiger partial charge in [0.25, 0.3) is 0 Å². The number of benzene rings is 2. The fraction of sp³-hybridized carbons (Fsp3) is 0.235. The van der Waals surface area contributed by atoms with Crippen LogP contribution in [0.1, 0.15) is 18.0 Å². The lowest BCUT2D eigenvalue weighted by atomic mass is 10.0. The highest BCUT2D eigenvalue weighted by atomic mass is 32.2. The SMILES string of the molecule is COc1ccc(C2CC(C(F)(F)F)=NN2c2ccc(S(N)(=O)=O)cc2)c(F)c1. The number of ether oxygens (including phenoxy) is 1. The van der Waals surface area contributed by atoms with Crippen molar-refractivity contribution in [2.45, 2.75) is 23.5 Å². The topological polar surface area (TPSA) is 85.0 Å². The lowest BCUT2D eigenvalue weighted by molar-refractivity contribution is -0.0600. The molecule has 150 valence electrons. The number of hydrogen-bond donors (Lipinski definition) is 1. The number of hydrogen-bond acceptors (Lipinski definition) is 5. The maximum absolute atomic E-state index is 14.5. The first kappa shape index (κ1) is 20.1. The van der Waals surface area contributed by atoms with Crippen molar-refractivity contribution in [2.75, 3.05) is 12.1 Å². The quantitative estimate of drug-likeness (QED) is 0.774. The Morgan fingerprint density at radius 2 is 1.82 bits per heavy atom. The fourth-order valence-corrected chi connectivity index (χ4v) is 3.37. The highest BCUT2D eigenvalue weighted by molar-refractivity contribution is 7.89. The maximum atomic E-state index is 14.5. The van der Waals surface area contributed by atoms with Gasteiger partial charge in [-0.3, -0.25) is 5.01 Å². The summed E-state index contributed by atoms with van der Waals surface area (Å²) in [5, 5.41) is 9.65. The van der Waals surface area contributed by atoms with E-state index in [1.54, 1.807) is 0 Å². The lowest BCUT2D eigenvalue weighted by Crippen LogP contribution is -2.22. The van der Waals surface area contributed by atoms with E-state index in [2.05, 4.69) is 5.10 Å². The number of alkyl halides is 3. The summed E-state index contributed by atoms with van der Waals surface area (Å²) in [7, 11) is -2.62. The largest absolute Gasteiger partial charge is 0.497 e. The van der Waals surface area contributed by atoms with Crippen molar-refractivity contribution in [1.29, 1.82) is 0 Å². The minimum absolute atomic E-state index is 0.000627. The number of nitrogens with two attached hydrogens (primary N) is 1. The van der Waals surface area contributed by atoms with Gasteiger partial charge in [0.1, 0.15) is 17.3 Å². The molecule has 6 nitrogen and oxygen atoms in total. The third kappa shape index (κ3) is 3.94. The van der Waals surface area contributed by atoms with Crippen LogP contribution < -0.4 is 14.9 Å². The van der Waals surface area contributed by atoms with Crippen LogP contribution in [0.3, 0.4) is 0 Å². The van der Waals surface area contributed by atoms with Gasteiger partial charge in [-0.1, -0.05) is 6.07 Å². The molecule has 0 aromatic heterocycles. The second-order valence-electron chi connectivity index (χ2n) is 6.04. The first-order valence-electron chi connectivity index (χ1n) is 7.91. The monoisotopic (exact) mass is 417 g/mol. The summed E-state index contributed by atoms with van der Waals surface area (Å²) in [6.45, 7) is 0. The van der Waals surface area contributed by atoms with E-state index in [1.807, 2.05) is 0 Å². The van der Waals surface area contributed by atoms with E-state index in [0.29, 0.717) is 0 Å². The molecule has 2 aromatic carbocycles. The molecule has 0 saturated carbocycles. The molecule has 28 heavy (non-hydrogen) atoms. The molecule has 0 fully saturated rings. The van der Waals surface area contributed by atoms with Crippen molar-refractivity contribution in [3.8, 4) is 5.75 Å². The predicted octanol–water partition coefficient (Wildman–Crippen LogP) is 3.35. The molecule has 3 rings (SSSR count). The van der Waals surface area contributed by atoms with Crippen molar-refractivity contribution in [3.05, 3.63) is 53.8 Å². The van der Waals surface area contributed by atoms with E-state index in [9.17, 15) is 26.0 Å². The molecule has 0 amide bonds. The summed E-state index contributed by atoms with van der Waals surface area (Å²) in [5.41, 5.74) is -0.908. The van der Waals surface area contributed by atoms with E-state index in [0.717, 1.165) is 23.2 Å². The molecule has 2 N–H and O–H groups in total. The molecule has 0 bridgehead atoms. The molecular weight excluding hydrogens is 402 g/mol. The van der Waals surface area contributed by atoms with Gasteiger partial charge in [-0.2, -0.15) is 18.3 Å². The standard InChI is InChI=1S/C17H15F4N3O3S/c1-27-11-4-7-13(14(18)8-11)15-9-16(17(19,20)21)23-24(15)10-2-5-12(6-3-10)28(22,25)26/h2-8,15H,9H2,1H3,(H2,22,25,26). The van der Waals surface area contributed by atoms with Crippen LogP contribution in [0.25, 0.3) is 0 Å². The number of rotatable bonds is 4. The zero-order valence-corrected chi connectivity index (χ0v) is 15.3. The van der Waals surface area contributed by atoms with E-state index >= 15 is 0 Å². The number of primary sulfonamides is 1. The van der Waals surface area contributed by atoms with Gasteiger partial charge >= 0.3 is 6.18 Å². The smallest absolute Gasteiger partial charge is 0.431 e. The van der Waals surface area contributed by atoms with Crippen molar-refractivity contribution < 1.29 is 30.7 Å². The number of sulfonamides is 1. The van der Waals surface area contributed by atoms with Crippen LogP contribution in [0.4, 0.5) is 23.2 Å². The molecular formula is C17H15F4N3O3S. The molecule has 0 aliphatic carbocycles. The molecule has 2 aromatic rings. The summed E-state index contributed by atoms with van der Waals surface area (Å²) < 4.78 is 81.8. The van der Waals surface area contributed by atoms with Crippen LogP contribution in [0.15, 0.2) is 52.5 Å². The van der Waals surface area contributed by atoms with Crippen LogP contribution in [-0.2, 0) is 10.0 Å². The minimum atomic E-state index is -4.68. The minimum Gasteiger partial charge on any atom is -0.497 e. The lowest BCUT2D eigenvalue weighted by Gasteiger charge is -2.24. The molecule has 0 saturated heterocycles. The average molecular weight is 417 g/mol. The van der Waals surface area contributed by atoms with Gasteiger partial charge in [-0.05, 0) is 30.3 Å². The van der Waals surface area contributed by atoms with Gasteiger partial charge in [-0.25, -0.2) is 17.9 Å². The van der Waals surface area contributed by atoms with Gasteiger partial charge < -0.3 is 4.74 Å². The van der Waals surface area contributed by atoms with Gasteiger partial charge in [0, 0.05) is 18.1 Å². The molecule has 1 aliphatic rings. The van der Waals surface area contributed by atoms with Crippen molar-refractivity contribution in [2.24, 2.45) is 10.2 Å². The first-order chi connectivity index (χ1) is 13.0. The summed E-state index contributed by atoms with van der Waals surface area (Å²) in [4.78, 5) is -0.206.